The molecule has 0 aliphatic heterocycles. The van der Waals surface area contributed by atoms with Gasteiger partial charge in [0, 0.05) is 24.2 Å². The highest BCUT2D eigenvalue weighted by Gasteiger charge is 2.58. The number of carbonyl (C=O) groups excluding carboxylic acids is 2. The molecule has 5 nitrogen and oxygen atoms in total. The lowest BCUT2D eigenvalue weighted by Crippen LogP contribution is -2.62. The number of hydrogen-bond acceptors (Lipinski definition) is 2. The average molecular weight is 395 g/mol. The first-order chi connectivity index (χ1) is 13.9. The van der Waals surface area contributed by atoms with Gasteiger partial charge < -0.3 is 15.6 Å². The predicted octanol–water partition coefficient (Wildman–Crippen LogP) is 3.24. The van der Waals surface area contributed by atoms with Crippen molar-refractivity contribution >= 4 is 11.8 Å². The van der Waals surface area contributed by atoms with E-state index < -0.39 is 0 Å². The van der Waals surface area contributed by atoms with Crippen LogP contribution in [0.2, 0.25) is 0 Å². The van der Waals surface area contributed by atoms with E-state index in [1.807, 2.05) is 23.7 Å². The molecule has 0 radical (unpaired) electrons. The number of halogens is 1. The minimum absolute atomic E-state index is 0.0912. The molecular formula is C23H26FN3O2. The number of amides is 2. The summed E-state index contributed by atoms with van der Waals surface area (Å²) in [4.78, 5) is 25.2. The van der Waals surface area contributed by atoms with Crippen molar-refractivity contribution in [3.63, 3.8) is 0 Å². The molecule has 2 unspecified atom stereocenters. The summed E-state index contributed by atoms with van der Waals surface area (Å²) in [6.45, 7) is 0. The van der Waals surface area contributed by atoms with Gasteiger partial charge in [-0.2, -0.15) is 0 Å². The highest BCUT2D eigenvalue weighted by molar-refractivity contribution is 5.94. The van der Waals surface area contributed by atoms with Gasteiger partial charge in [0.1, 0.15) is 11.5 Å². The average Bonchev–Trinajstić information content (AvgIpc) is 3.06. The molecule has 2 atom stereocenters. The number of nitrogens with zero attached hydrogens (tertiary/aromatic N) is 1. The van der Waals surface area contributed by atoms with Crippen molar-refractivity contribution in [2.24, 2.45) is 36.0 Å². The summed E-state index contributed by atoms with van der Waals surface area (Å²) in [6.07, 6.45) is 4.67. The summed E-state index contributed by atoms with van der Waals surface area (Å²) in [5.41, 5.74) is 7.74. The lowest BCUT2D eigenvalue weighted by Gasteiger charge is -2.58. The predicted molar refractivity (Wildman–Crippen MR) is 107 cm³/mol. The quantitative estimate of drug-likeness (QED) is 0.834. The first-order valence-electron chi connectivity index (χ1n) is 10.4. The van der Waals surface area contributed by atoms with E-state index in [9.17, 15) is 14.0 Å². The van der Waals surface area contributed by atoms with E-state index >= 15 is 0 Å². The fourth-order valence-corrected chi connectivity index (χ4v) is 6.44. The van der Waals surface area contributed by atoms with E-state index in [-0.39, 0.29) is 29.1 Å². The van der Waals surface area contributed by atoms with Crippen molar-refractivity contribution in [2.45, 2.75) is 38.1 Å². The molecule has 0 spiro atoms. The standard InChI is InChI=1S/C23H26FN3O2/c1-27-18(14-2-4-17(24)5-3-14)6-7-19(27)21(28)26-20-15-8-13-9-16(20)12-23(10-13,11-15)22(25)29/h2-7,13,15-16,20H,8-12H2,1H3,(H2,25,29)(H,26,28)/t13?,15?,16?,20-,23-. The Labute approximate surface area is 169 Å². The molecule has 4 aliphatic rings. The van der Waals surface area contributed by atoms with Crippen molar-refractivity contribution in [2.75, 3.05) is 0 Å². The van der Waals surface area contributed by atoms with Gasteiger partial charge in [-0.15, -0.1) is 0 Å². The topological polar surface area (TPSA) is 77.1 Å². The van der Waals surface area contributed by atoms with E-state index in [0.29, 0.717) is 23.4 Å². The number of rotatable bonds is 4. The molecule has 2 aromatic rings. The molecular weight excluding hydrogens is 369 g/mol. The first kappa shape index (κ1) is 18.4. The van der Waals surface area contributed by atoms with Crippen LogP contribution in [0, 0.1) is 29.0 Å². The molecule has 3 N–H and O–H groups in total. The second-order valence-corrected chi connectivity index (χ2v) is 9.28. The zero-order valence-electron chi connectivity index (χ0n) is 16.5. The van der Waals surface area contributed by atoms with Gasteiger partial charge in [-0.3, -0.25) is 9.59 Å². The lowest BCUT2D eigenvalue weighted by molar-refractivity contribution is -0.145. The molecule has 6 heteroatoms. The van der Waals surface area contributed by atoms with Crippen LogP contribution in [0.4, 0.5) is 4.39 Å². The van der Waals surface area contributed by atoms with Crippen molar-refractivity contribution in [3.8, 4) is 11.3 Å². The zero-order chi connectivity index (χ0) is 20.3. The smallest absolute Gasteiger partial charge is 0.268 e. The van der Waals surface area contributed by atoms with Crippen LogP contribution in [0.15, 0.2) is 36.4 Å². The molecule has 29 heavy (non-hydrogen) atoms. The normalized spacial score (nSPS) is 32.3. The summed E-state index contributed by atoms with van der Waals surface area (Å²) in [7, 11) is 1.85. The third-order valence-electron chi connectivity index (χ3n) is 7.59. The van der Waals surface area contributed by atoms with Gasteiger partial charge in [0.2, 0.25) is 5.91 Å². The molecule has 4 bridgehead atoms. The summed E-state index contributed by atoms with van der Waals surface area (Å²) >= 11 is 0. The maximum absolute atomic E-state index is 13.2. The SMILES string of the molecule is Cn1c(C(=O)N[C@H]2C3CC4CC2C[C@](C(N)=O)(C4)C3)ccc1-c1ccc(F)cc1. The minimum atomic E-state index is -0.349. The summed E-state index contributed by atoms with van der Waals surface area (Å²) in [6, 6.07) is 10.1. The van der Waals surface area contributed by atoms with Crippen LogP contribution < -0.4 is 11.1 Å². The molecule has 2 amide bonds. The highest BCUT2D eigenvalue weighted by atomic mass is 19.1. The molecule has 1 heterocycles. The number of nitrogens with one attached hydrogen (secondary N) is 1. The van der Waals surface area contributed by atoms with E-state index in [1.165, 1.54) is 12.1 Å². The van der Waals surface area contributed by atoms with Crippen LogP contribution >= 0.6 is 0 Å². The van der Waals surface area contributed by atoms with Gasteiger partial charge in [-0.05, 0) is 91.8 Å². The van der Waals surface area contributed by atoms with Gasteiger partial charge >= 0.3 is 0 Å². The Balaban J connectivity index is 1.36. The fourth-order valence-electron chi connectivity index (χ4n) is 6.44. The molecule has 1 aromatic heterocycles. The molecule has 1 aromatic carbocycles. The van der Waals surface area contributed by atoms with Crippen LogP contribution in [-0.2, 0) is 11.8 Å². The van der Waals surface area contributed by atoms with E-state index in [2.05, 4.69) is 5.32 Å². The maximum atomic E-state index is 13.2. The second-order valence-electron chi connectivity index (χ2n) is 9.28. The summed E-state index contributed by atoms with van der Waals surface area (Å²) in [5.74, 6) is 0.688. The zero-order valence-corrected chi connectivity index (χ0v) is 16.5. The minimum Gasteiger partial charge on any atom is -0.369 e. The number of nitrogens with two attached hydrogens (primary N) is 1. The molecule has 6 rings (SSSR count). The fraction of sp³-hybridized carbons (Fsp3) is 0.478. The van der Waals surface area contributed by atoms with Gasteiger partial charge in [-0.25, -0.2) is 4.39 Å². The third kappa shape index (κ3) is 2.88. The number of primary amides is 1. The largest absolute Gasteiger partial charge is 0.369 e. The Kier molecular flexibility index (Phi) is 4.09. The molecule has 152 valence electrons. The van der Waals surface area contributed by atoms with Crippen LogP contribution in [0.3, 0.4) is 0 Å². The Morgan fingerprint density at radius 2 is 1.72 bits per heavy atom. The van der Waals surface area contributed by atoms with Crippen LogP contribution in [0.25, 0.3) is 11.3 Å². The maximum Gasteiger partial charge on any atom is 0.268 e. The number of aromatic nitrogens is 1. The van der Waals surface area contributed by atoms with Gasteiger partial charge in [-0.1, -0.05) is 0 Å². The van der Waals surface area contributed by atoms with Crippen molar-refractivity contribution < 1.29 is 14.0 Å². The van der Waals surface area contributed by atoms with Gasteiger partial charge in [0.25, 0.3) is 5.91 Å². The molecule has 0 saturated heterocycles. The lowest BCUT2D eigenvalue weighted by atomic mass is 9.47. The van der Waals surface area contributed by atoms with E-state index in [4.69, 9.17) is 5.73 Å². The second kappa shape index (κ2) is 6.44. The van der Waals surface area contributed by atoms with Crippen molar-refractivity contribution in [1.82, 2.24) is 9.88 Å². The van der Waals surface area contributed by atoms with Crippen molar-refractivity contribution in [3.05, 3.63) is 47.9 Å². The molecule has 4 fully saturated rings. The van der Waals surface area contributed by atoms with Crippen LogP contribution in [-0.4, -0.2) is 22.4 Å². The Bertz CT molecular complexity index is 965. The molecule has 4 aliphatic carbocycles. The Hall–Kier alpha value is -2.63. The van der Waals surface area contributed by atoms with Gasteiger partial charge in [0.05, 0.1) is 0 Å². The number of hydrogen-bond donors (Lipinski definition) is 2. The Morgan fingerprint density at radius 1 is 1.07 bits per heavy atom. The summed E-state index contributed by atoms with van der Waals surface area (Å²) < 4.78 is 15.1. The van der Waals surface area contributed by atoms with Crippen molar-refractivity contribution in [1.29, 1.82) is 0 Å². The Morgan fingerprint density at radius 3 is 2.34 bits per heavy atom. The molecule has 4 saturated carbocycles. The monoisotopic (exact) mass is 395 g/mol. The number of carbonyl (C=O) groups is 2. The summed E-state index contributed by atoms with van der Waals surface area (Å²) in [5, 5.41) is 3.28. The number of benzene rings is 1. The van der Waals surface area contributed by atoms with Crippen LogP contribution in [0.5, 0.6) is 0 Å². The van der Waals surface area contributed by atoms with Crippen LogP contribution in [0.1, 0.15) is 42.6 Å². The van der Waals surface area contributed by atoms with E-state index in [1.54, 1.807) is 12.1 Å². The first-order valence-corrected chi connectivity index (χ1v) is 10.4. The van der Waals surface area contributed by atoms with E-state index in [0.717, 1.165) is 43.4 Å². The third-order valence-corrected chi connectivity index (χ3v) is 7.59. The van der Waals surface area contributed by atoms with Gasteiger partial charge in [0.15, 0.2) is 0 Å². The highest BCUT2D eigenvalue weighted by Crippen LogP contribution is 2.59.